The molecule has 0 amide bonds. The average Bonchev–Trinajstić information content (AvgIpc) is 2.01. The predicted molar refractivity (Wildman–Crippen MR) is 51.2 cm³/mol. The van der Waals surface area contributed by atoms with E-state index < -0.39 is 20.4 Å². The number of halogens is 1. The van der Waals surface area contributed by atoms with Crippen LogP contribution in [0.15, 0.2) is 23.1 Å². The van der Waals surface area contributed by atoms with Crippen molar-refractivity contribution in [1.29, 1.82) is 0 Å². The molecular formula is C7H6ClNO4S. The van der Waals surface area contributed by atoms with Crippen LogP contribution in [0.2, 0.25) is 5.02 Å². The molecular weight excluding hydrogens is 230 g/mol. The van der Waals surface area contributed by atoms with Crippen molar-refractivity contribution in [3.8, 4) is 0 Å². The molecule has 0 unspecified atom stereocenters. The van der Waals surface area contributed by atoms with Gasteiger partial charge in [-0.15, -0.1) is 0 Å². The van der Waals surface area contributed by atoms with E-state index in [4.69, 9.17) is 11.6 Å². The molecule has 1 rings (SSSR count). The van der Waals surface area contributed by atoms with Gasteiger partial charge in [0.2, 0.25) is 0 Å². The number of hydrogen-bond acceptors (Lipinski definition) is 4. The van der Waals surface area contributed by atoms with Gasteiger partial charge in [-0.2, -0.15) is 0 Å². The van der Waals surface area contributed by atoms with Gasteiger partial charge in [0.05, 0.1) is 9.82 Å². The lowest BCUT2D eigenvalue weighted by Gasteiger charge is -2.01. The molecule has 0 radical (unpaired) electrons. The number of benzene rings is 1. The van der Waals surface area contributed by atoms with Gasteiger partial charge in [-0.05, 0) is 6.07 Å². The summed E-state index contributed by atoms with van der Waals surface area (Å²) < 4.78 is 22.2. The number of nitro groups is 1. The van der Waals surface area contributed by atoms with Crippen molar-refractivity contribution in [3.05, 3.63) is 33.3 Å². The second-order valence-electron chi connectivity index (χ2n) is 2.62. The van der Waals surface area contributed by atoms with Crippen molar-refractivity contribution in [1.82, 2.24) is 0 Å². The molecule has 0 saturated carbocycles. The maximum atomic E-state index is 11.1. The van der Waals surface area contributed by atoms with Crippen molar-refractivity contribution >= 4 is 27.1 Å². The highest BCUT2D eigenvalue weighted by Gasteiger charge is 2.20. The van der Waals surface area contributed by atoms with E-state index in [2.05, 4.69) is 0 Å². The highest BCUT2D eigenvalue weighted by molar-refractivity contribution is 7.90. The quantitative estimate of drug-likeness (QED) is 0.577. The zero-order valence-corrected chi connectivity index (χ0v) is 8.67. The van der Waals surface area contributed by atoms with Crippen molar-refractivity contribution in [2.75, 3.05) is 6.26 Å². The van der Waals surface area contributed by atoms with Gasteiger partial charge in [0.25, 0.3) is 5.69 Å². The SMILES string of the molecule is CS(=O)(=O)c1cccc([N+](=O)[O-])c1Cl. The van der Waals surface area contributed by atoms with Crippen LogP contribution in [0.3, 0.4) is 0 Å². The Morgan fingerprint density at radius 1 is 1.43 bits per heavy atom. The van der Waals surface area contributed by atoms with E-state index in [0.717, 1.165) is 12.3 Å². The van der Waals surface area contributed by atoms with E-state index in [9.17, 15) is 18.5 Å². The monoisotopic (exact) mass is 235 g/mol. The molecule has 0 aliphatic rings. The minimum absolute atomic E-state index is 0.228. The fraction of sp³-hybridized carbons (Fsp3) is 0.143. The summed E-state index contributed by atoms with van der Waals surface area (Å²) in [6.45, 7) is 0. The molecule has 0 saturated heterocycles. The third-order valence-corrected chi connectivity index (χ3v) is 3.19. The molecule has 0 N–H and O–H groups in total. The fourth-order valence-corrected chi connectivity index (χ4v) is 2.30. The summed E-state index contributed by atoms with van der Waals surface area (Å²) in [5.41, 5.74) is -0.408. The summed E-state index contributed by atoms with van der Waals surface area (Å²) in [5.74, 6) is 0. The Hall–Kier alpha value is -1.14. The minimum Gasteiger partial charge on any atom is -0.258 e. The van der Waals surface area contributed by atoms with E-state index in [1.165, 1.54) is 12.1 Å². The van der Waals surface area contributed by atoms with E-state index in [0.29, 0.717) is 0 Å². The molecule has 0 heterocycles. The molecule has 0 atom stereocenters. The first-order chi connectivity index (χ1) is 6.34. The van der Waals surface area contributed by atoms with E-state index in [1.54, 1.807) is 0 Å². The number of rotatable bonds is 2. The number of hydrogen-bond donors (Lipinski definition) is 0. The van der Waals surface area contributed by atoms with Crippen LogP contribution in [0.5, 0.6) is 0 Å². The summed E-state index contributed by atoms with van der Waals surface area (Å²) in [6, 6.07) is 3.65. The first-order valence-corrected chi connectivity index (χ1v) is 5.74. The minimum atomic E-state index is -3.53. The summed E-state index contributed by atoms with van der Waals surface area (Å²) in [4.78, 5) is 9.47. The second kappa shape index (κ2) is 3.55. The van der Waals surface area contributed by atoms with Gasteiger partial charge in [0.1, 0.15) is 5.02 Å². The van der Waals surface area contributed by atoms with Gasteiger partial charge in [-0.1, -0.05) is 17.7 Å². The second-order valence-corrected chi connectivity index (χ2v) is 4.98. The van der Waals surface area contributed by atoms with Gasteiger partial charge >= 0.3 is 0 Å². The summed E-state index contributed by atoms with van der Waals surface area (Å²) in [6.07, 6.45) is 0.942. The van der Waals surface area contributed by atoms with Gasteiger partial charge in [-0.25, -0.2) is 8.42 Å². The Kier molecular flexibility index (Phi) is 2.77. The normalized spacial score (nSPS) is 11.3. The van der Waals surface area contributed by atoms with Crippen LogP contribution in [0.25, 0.3) is 0 Å². The standard InChI is InChI=1S/C7H6ClNO4S/c1-14(12,13)6-4-2-3-5(7(6)8)9(10)11/h2-4H,1H3. The fourth-order valence-electron chi connectivity index (χ4n) is 0.927. The molecule has 7 heteroatoms. The maximum absolute atomic E-state index is 11.1. The Balaban J connectivity index is 3.51. The van der Waals surface area contributed by atoms with Crippen LogP contribution in [-0.2, 0) is 9.84 Å². The largest absolute Gasteiger partial charge is 0.289 e. The van der Waals surface area contributed by atoms with Crippen LogP contribution in [0.1, 0.15) is 0 Å². The van der Waals surface area contributed by atoms with Gasteiger partial charge in [0, 0.05) is 12.3 Å². The van der Waals surface area contributed by atoms with Crippen LogP contribution in [-0.4, -0.2) is 19.6 Å². The lowest BCUT2D eigenvalue weighted by molar-refractivity contribution is -0.384. The lowest BCUT2D eigenvalue weighted by Crippen LogP contribution is -2.00. The first kappa shape index (κ1) is 10.9. The Bertz CT molecular complexity index is 482. The third kappa shape index (κ3) is 2.02. The molecule has 0 spiro atoms. The van der Waals surface area contributed by atoms with E-state index >= 15 is 0 Å². The zero-order chi connectivity index (χ0) is 10.9. The van der Waals surface area contributed by atoms with Crippen molar-refractivity contribution in [2.24, 2.45) is 0 Å². The van der Waals surface area contributed by atoms with Crippen molar-refractivity contribution < 1.29 is 13.3 Å². The Morgan fingerprint density at radius 2 is 2.00 bits per heavy atom. The van der Waals surface area contributed by atoms with Gasteiger partial charge in [0.15, 0.2) is 9.84 Å². The van der Waals surface area contributed by atoms with Crippen molar-refractivity contribution in [2.45, 2.75) is 4.90 Å². The molecule has 0 aliphatic carbocycles. The first-order valence-electron chi connectivity index (χ1n) is 3.47. The summed E-state index contributed by atoms with van der Waals surface area (Å²) in [5, 5.41) is 10.1. The molecule has 0 aliphatic heterocycles. The predicted octanol–water partition coefficient (Wildman–Crippen LogP) is 1.65. The summed E-state index contributed by atoms with van der Waals surface area (Å²) in [7, 11) is -3.53. The third-order valence-electron chi connectivity index (χ3n) is 1.54. The molecule has 0 bridgehead atoms. The molecule has 0 fully saturated rings. The Morgan fingerprint density at radius 3 is 2.43 bits per heavy atom. The molecule has 1 aromatic carbocycles. The van der Waals surface area contributed by atoms with E-state index in [-0.39, 0.29) is 9.92 Å². The van der Waals surface area contributed by atoms with Gasteiger partial charge in [-0.3, -0.25) is 10.1 Å². The van der Waals surface area contributed by atoms with Crippen LogP contribution < -0.4 is 0 Å². The number of sulfone groups is 1. The van der Waals surface area contributed by atoms with Crippen LogP contribution in [0.4, 0.5) is 5.69 Å². The van der Waals surface area contributed by atoms with Crippen LogP contribution >= 0.6 is 11.6 Å². The average molecular weight is 236 g/mol. The molecule has 14 heavy (non-hydrogen) atoms. The molecule has 5 nitrogen and oxygen atoms in total. The Labute approximate surface area is 85.4 Å². The lowest BCUT2D eigenvalue weighted by atomic mass is 10.3. The molecule has 1 aromatic rings. The molecule has 76 valence electrons. The zero-order valence-electron chi connectivity index (χ0n) is 7.10. The number of nitro benzene ring substituents is 1. The van der Waals surface area contributed by atoms with Gasteiger partial charge < -0.3 is 0 Å². The van der Waals surface area contributed by atoms with Crippen LogP contribution in [0, 0.1) is 10.1 Å². The molecule has 0 aromatic heterocycles. The van der Waals surface area contributed by atoms with Crippen molar-refractivity contribution in [3.63, 3.8) is 0 Å². The number of nitrogens with zero attached hydrogens (tertiary/aromatic N) is 1. The highest BCUT2D eigenvalue weighted by Crippen LogP contribution is 2.30. The summed E-state index contributed by atoms with van der Waals surface area (Å²) >= 11 is 5.57. The smallest absolute Gasteiger partial charge is 0.258 e. The topological polar surface area (TPSA) is 77.3 Å². The maximum Gasteiger partial charge on any atom is 0.289 e. The van der Waals surface area contributed by atoms with E-state index in [1.807, 2.05) is 0 Å². The highest BCUT2D eigenvalue weighted by atomic mass is 35.5.